The fourth-order valence-corrected chi connectivity index (χ4v) is 2.03. The molecule has 1 heterocycles. The number of halogens is 2. The summed E-state index contributed by atoms with van der Waals surface area (Å²) in [4.78, 5) is 13.4. The predicted octanol–water partition coefficient (Wildman–Crippen LogP) is 2.08. The minimum Gasteiger partial charge on any atom is -0.331 e. The molecule has 1 aliphatic heterocycles. The topological polar surface area (TPSA) is 20.3 Å². The Kier molecular flexibility index (Phi) is 1.63. The summed E-state index contributed by atoms with van der Waals surface area (Å²) in [6, 6.07) is 2.63. The van der Waals surface area contributed by atoms with Gasteiger partial charge in [0.1, 0.15) is 0 Å². The van der Waals surface area contributed by atoms with Gasteiger partial charge in [-0.05, 0) is 25.0 Å². The summed E-state index contributed by atoms with van der Waals surface area (Å²) in [6.45, 7) is 0.225. The first-order chi connectivity index (χ1) is 7.18. The van der Waals surface area contributed by atoms with Crippen molar-refractivity contribution in [2.45, 2.75) is 25.4 Å². The van der Waals surface area contributed by atoms with E-state index in [1.165, 1.54) is 6.07 Å². The average Bonchev–Trinajstić information content (AvgIpc) is 2.99. The van der Waals surface area contributed by atoms with Gasteiger partial charge in [0.05, 0.1) is 6.54 Å². The average molecular weight is 209 g/mol. The van der Waals surface area contributed by atoms with Gasteiger partial charge in [0.25, 0.3) is 5.91 Å². The number of rotatable bonds is 1. The van der Waals surface area contributed by atoms with Gasteiger partial charge in [-0.15, -0.1) is 0 Å². The molecule has 0 atom stereocenters. The van der Waals surface area contributed by atoms with Crippen molar-refractivity contribution in [3.63, 3.8) is 0 Å². The zero-order chi connectivity index (χ0) is 10.6. The third kappa shape index (κ3) is 1.17. The Morgan fingerprint density at radius 2 is 2.00 bits per heavy atom. The molecule has 0 bridgehead atoms. The third-order valence-corrected chi connectivity index (χ3v) is 3.00. The molecule has 15 heavy (non-hydrogen) atoms. The molecule has 2 nitrogen and oxygen atoms in total. The number of amides is 1. The maximum Gasteiger partial charge on any atom is 0.254 e. The first kappa shape index (κ1) is 8.83. The largest absolute Gasteiger partial charge is 0.331 e. The van der Waals surface area contributed by atoms with E-state index in [0.29, 0.717) is 5.56 Å². The van der Waals surface area contributed by atoms with Crippen LogP contribution in [0.3, 0.4) is 0 Å². The quantitative estimate of drug-likeness (QED) is 0.693. The normalized spacial score (nSPS) is 19.6. The van der Waals surface area contributed by atoms with E-state index < -0.39 is 11.6 Å². The molecule has 0 radical (unpaired) electrons. The number of nitrogens with zero attached hydrogens (tertiary/aromatic N) is 1. The summed E-state index contributed by atoms with van der Waals surface area (Å²) < 4.78 is 26.3. The second-order valence-electron chi connectivity index (χ2n) is 4.05. The Morgan fingerprint density at radius 3 is 2.67 bits per heavy atom. The monoisotopic (exact) mass is 209 g/mol. The van der Waals surface area contributed by atoms with Crippen molar-refractivity contribution in [3.05, 3.63) is 34.9 Å². The molecule has 0 unspecified atom stereocenters. The number of hydrogen-bond acceptors (Lipinski definition) is 1. The van der Waals surface area contributed by atoms with Crippen LogP contribution in [0.15, 0.2) is 12.1 Å². The fraction of sp³-hybridized carbons (Fsp3) is 0.364. The Balaban J connectivity index is 2.07. The molecule has 1 aliphatic carbocycles. The van der Waals surface area contributed by atoms with Gasteiger partial charge < -0.3 is 4.90 Å². The molecule has 0 aromatic heterocycles. The molecule has 0 saturated heterocycles. The summed E-state index contributed by atoms with van der Waals surface area (Å²) in [6.07, 6.45) is 1.95. The number of benzene rings is 1. The van der Waals surface area contributed by atoms with E-state index in [4.69, 9.17) is 0 Å². The van der Waals surface area contributed by atoms with Gasteiger partial charge in [0.15, 0.2) is 11.6 Å². The van der Waals surface area contributed by atoms with E-state index in [-0.39, 0.29) is 24.1 Å². The number of fused-ring (bicyclic) bond motifs is 1. The lowest BCUT2D eigenvalue weighted by Gasteiger charge is -2.13. The van der Waals surface area contributed by atoms with E-state index in [1.54, 1.807) is 4.90 Å². The molecule has 2 aliphatic rings. The molecule has 1 aromatic carbocycles. The van der Waals surface area contributed by atoms with Crippen LogP contribution >= 0.6 is 0 Å². The van der Waals surface area contributed by atoms with Crippen molar-refractivity contribution < 1.29 is 13.6 Å². The van der Waals surface area contributed by atoms with Crippen LogP contribution in [-0.4, -0.2) is 16.8 Å². The second kappa shape index (κ2) is 2.78. The Morgan fingerprint density at radius 1 is 1.27 bits per heavy atom. The summed E-state index contributed by atoms with van der Waals surface area (Å²) in [5.41, 5.74) is 0.535. The Hall–Kier alpha value is -1.45. The van der Waals surface area contributed by atoms with Gasteiger partial charge in [0, 0.05) is 17.2 Å². The maximum absolute atomic E-state index is 13.4. The highest BCUT2D eigenvalue weighted by atomic mass is 19.2. The predicted molar refractivity (Wildman–Crippen MR) is 49.3 cm³/mol. The maximum atomic E-state index is 13.4. The van der Waals surface area contributed by atoms with Gasteiger partial charge in [0.2, 0.25) is 0 Å². The van der Waals surface area contributed by atoms with Crippen molar-refractivity contribution in [2.24, 2.45) is 0 Å². The van der Waals surface area contributed by atoms with Crippen molar-refractivity contribution in [1.82, 2.24) is 4.90 Å². The molecule has 1 amide bonds. The minimum atomic E-state index is -0.876. The SMILES string of the molecule is O=C1c2ccc(F)c(F)c2CN1C1CC1. The van der Waals surface area contributed by atoms with E-state index in [9.17, 15) is 13.6 Å². The van der Waals surface area contributed by atoms with Crippen LogP contribution in [0.5, 0.6) is 0 Å². The standard InChI is InChI=1S/C11H9F2NO/c12-9-4-3-7-8(10(9)13)5-14(11(7)15)6-1-2-6/h3-4,6H,1-2,5H2. The minimum absolute atomic E-state index is 0.161. The van der Waals surface area contributed by atoms with Gasteiger partial charge in [-0.3, -0.25) is 4.79 Å². The van der Waals surface area contributed by atoms with Crippen molar-refractivity contribution >= 4 is 5.91 Å². The smallest absolute Gasteiger partial charge is 0.254 e. The van der Waals surface area contributed by atoms with Gasteiger partial charge in [-0.2, -0.15) is 0 Å². The highest BCUT2D eigenvalue weighted by Gasteiger charge is 2.39. The fourth-order valence-electron chi connectivity index (χ4n) is 2.03. The molecule has 3 rings (SSSR count). The highest BCUT2D eigenvalue weighted by molar-refractivity contribution is 5.98. The summed E-state index contributed by atoms with van der Waals surface area (Å²) in [5.74, 6) is -1.91. The molecule has 1 saturated carbocycles. The zero-order valence-electron chi connectivity index (χ0n) is 7.96. The number of carbonyl (C=O) groups excluding carboxylic acids is 1. The molecule has 1 fully saturated rings. The van der Waals surface area contributed by atoms with Crippen molar-refractivity contribution in [1.29, 1.82) is 0 Å². The number of carbonyl (C=O) groups is 1. The van der Waals surface area contributed by atoms with Gasteiger partial charge in [-0.25, -0.2) is 8.78 Å². The highest BCUT2D eigenvalue weighted by Crippen LogP contribution is 2.35. The van der Waals surface area contributed by atoms with E-state index >= 15 is 0 Å². The van der Waals surface area contributed by atoms with Crippen molar-refractivity contribution in [3.8, 4) is 0 Å². The number of hydrogen-bond donors (Lipinski definition) is 0. The molecular weight excluding hydrogens is 200 g/mol. The Labute approximate surface area is 85.5 Å². The van der Waals surface area contributed by atoms with E-state index in [2.05, 4.69) is 0 Å². The lowest BCUT2D eigenvalue weighted by molar-refractivity contribution is 0.0766. The first-order valence-corrected chi connectivity index (χ1v) is 4.96. The second-order valence-corrected chi connectivity index (χ2v) is 4.05. The van der Waals surface area contributed by atoms with Crippen LogP contribution in [0.25, 0.3) is 0 Å². The van der Waals surface area contributed by atoms with Crippen molar-refractivity contribution in [2.75, 3.05) is 0 Å². The van der Waals surface area contributed by atoms with Crippen LogP contribution in [0.2, 0.25) is 0 Å². The van der Waals surface area contributed by atoms with Crippen LogP contribution < -0.4 is 0 Å². The third-order valence-electron chi connectivity index (χ3n) is 3.00. The lowest BCUT2D eigenvalue weighted by atomic mass is 10.1. The molecule has 1 aromatic rings. The van der Waals surface area contributed by atoms with E-state index in [1.807, 2.05) is 0 Å². The van der Waals surface area contributed by atoms with Crippen LogP contribution in [0.1, 0.15) is 28.8 Å². The summed E-state index contributed by atoms with van der Waals surface area (Å²) in [5, 5.41) is 0. The molecule has 0 spiro atoms. The van der Waals surface area contributed by atoms with Gasteiger partial charge in [-0.1, -0.05) is 0 Å². The Bertz CT molecular complexity index is 454. The molecule has 78 valence electrons. The molecule has 4 heteroatoms. The van der Waals surface area contributed by atoms with Crippen LogP contribution in [-0.2, 0) is 6.54 Å². The van der Waals surface area contributed by atoms with E-state index in [0.717, 1.165) is 18.9 Å². The summed E-state index contributed by atoms with van der Waals surface area (Å²) in [7, 11) is 0. The lowest BCUT2D eigenvalue weighted by Crippen LogP contribution is -2.25. The zero-order valence-corrected chi connectivity index (χ0v) is 7.96. The van der Waals surface area contributed by atoms with Crippen LogP contribution in [0, 0.1) is 11.6 Å². The molecule has 0 N–H and O–H groups in total. The van der Waals surface area contributed by atoms with Crippen LogP contribution in [0.4, 0.5) is 8.78 Å². The van der Waals surface area contributed by atoms with Gasteiger partial charge >= 0.3 is 0 Å². The first-order valence-electron chi connectivity index (χ1n) is 4.96. The summed E-state index contributed by atoms with van der Waals surface area (Å²) >= 11 is 0. The molecular formula is C11H9F2NO.